The number of amides is 2. The number of nitrogens with zero attached hydrogens (tertiary/aromatic N) is 1. The maximum Gasteiger partial charge on any atom is 0.317 e. The van der Waals surface area contributed by atoms with Crippen molar-refractivity contribution in [1.29, 1.82) is 0 Å². The smallest absolute Gasteiger partial charge is 0.317 e. The molecular weight excluding hydrogens is 258 g/mol. The monoisotopic (exact) mass is 285 g/mol. The van der Waals surface area contributed by atoms with Crippen molar-refractivity contribution in [1.82, 2.24) is 10.2 Å². The van der Waals surface area contributed by atoms with Gasteiger partial charge in [-0.3, -0.25) is 4.79 Å². The third-order valence-corrected chi connectivity index (χ3v) is 3.56. The Bertz CT molecular complexity index is 334. The molecule has 20 heavy (non-hydrogen) atoms. The maximum absolute atomic E-state index is 12.0. The van der Waals surface area contributed by atoms with E-state index in [-0.39, 0.29) is 24.4 Å². The van der Waals surface area contributed by atoms with Gasteiger partial charge in [0.1, 0.15) is 0 Å². The number of carboxylic acid groups (broad SMARTS) is 1. The van der Waals surface area contributed by atoms with Gasteiger partial charge in [-0.1, -0.05) is 13.8 Å². The molecule has 4 N–H and O–H groups in total. The number of likely N-dealkylation sites (tertiary alicyclic amines) is 1. The van der Waals surface area contributed by atoms with Crippen molar-refractivity contribution in [3.8, 4) is 0 Å². The van der Waals surface area contributed by atoms with E-state index < -0.39 is 5.97 Å². The number of hydrogen-bond acceptors (Lipinski definition) is 3. The third-order valence-electron chi connectivity index (χ3n) is 3.56. The van der Waals surface area contributed by atoms with Crippen molar-refractivity contribution < 1.29 is 14.7 Å². The van der Waals surface area contributed by atoms with E-state index in [0.29, 0.717) is 19.0 Å². The van der Waals surface area contributed by atoms with Crippen molar-refractivity contribution in [2.24, 2.45) is 17.6 Å². The van der Waals surface area contributed by atoms with E-state index in [9.17, 15) is 9.59 Å². The highest BCUT2D eigenvalue weighted by molar-refractivity contribution is 5.74. The zero-order valence-corrected chi connectivity index (χ0v) is 12.5. The second-order valence-corrected chi connectivity index (χ2v) is 6.13. The molecule has 0 saturated carbocycles. The van der Waals surface area contributed by atoms with Gasteiger partial charge in [-0.25, -0.2) is 4.79 Å². The first kappa shape index (κ1) is 16.8. The molecular formula is C14H27N3O3. The molecule has 1 rings (SSSR count). The summed E-state index contributed by atoms with van der Waals surface area (Å²) in [4.78, 5) is 24.6. The molecule has 6 nitrogen and oxygen atoms in total. The summed E-state index contributed by atoms with van der Waals surface area (Å²) in [6.45, 7) is 5.84. The van der Waals surface area contributed by atoms with E-state index in [0.717, 1.165) is 25.8 Å². The molecule has 0 bridgehead atoms. The number of aliphatic carboxylic acids is 1. The molecule has 1 unspecified atom stereocenters. The van der Waals surface area contributed by atoms with E-state index in [1.165, 1.54) is 0 Å². The molecule has 1 fully saturated rings. The van der Waals surface area contributed by atoms with E-state index >= 15 is 0 Å². The minimum atomic E-state index is -0.815. The number of rotatable bonds is 6. The van der Waals surface area contributed by atoms with Crippen LogP contribution in [0, 0.1) is 11.8 Å². The molecule has 1 aliphatic heterocycles. The SMILES string of the molecule is CC(C)C[C@H](CNC(=O)N1CCCC(N)C1)CC(=O)O. The standard InChI is InChI=1S/C14H27N3O3/c1-10(2)6-11(7-13(18)19)8-16-14(20)17-5-3-4-12(15)9-17/h10-12H,3-9,15H2,1-2H3,(H,16,20)(H,18,19)/t11-,12?/m0/s1. The molecule has 2 amide bonds. The predicted molar refractivity (Wildman–Crippen MR) is 77.4 cm³/mol. The van der Waals surface area contributed by atoms with Crippen molar-refractivity contribution in [2.75, 3.05) is 19.6 Å². The van der Waals surface area contributed by atoms with E-state index in [1.54, 1.807) is 4.90 Å². The fourth-order valence-corrected chi connectivity index (χ4v) is 2.69. The number of nitrogens with two attached hydrogens (primary N) is 1. The minimum Gasteiger partial charge on any atom is -0.481 e. The zero-order chi connectivity index (χ0) is 15.1. The Morgan fingerprint density at radius 2 is 2.15 bits per heavy atom. The molecule has 0 aromatic rings. The van der Waals surface area contributed by atoms with Gasteiger partial charge in [0.15, 0.2) is 0 Å². The summed E-state index contributed by atoms with van der Waals surface area (Å²) in [5.74, 6) is -0.417. The highest BCUT2D eigenvalue weighted by atomic mass is 16.4. The summed E-state index contributed by atoms with van der Waals surface area (Å²) >= 11 is 0. The number of carbonyl (C=O) groups is 2. The van der Waals surface area contributed by atoms with Gasteiger partial charge >= 0.3 is 12.0 Å². The summed E-state index contributed by atoms with van der Waals surface area (Å²) in [6, 6.07) is -0.0701. The molecule has 116 valence electrons. The van der Waals surface area contributed by atoms with Crippen LogP contribution >= 0.6 is 0 Å². The van der Waals surface area contributed by atoms with Gasteiger partial charge < -0.3 is 21.1 Å². The molecule has 2 atom stereocenters. The number of piperidine rings is 1. The van der Waals surface area contributed by atoms with E-state index in [1.807, 2.05) is 0 Å². The number of hydrogen-bond donors (Lipinski definition) is 3. The Kier molecular flexibility index (Phi) is 6.78. The average molecular weight is 285 g/mol. The predicted octanol–water partition coefficient (Wildman–Crippen LogP) is 1.26. The van der Waals surface area contributed by atoms with Crippen LogP contribution in [0.3, 0.4) is 0 Å². The van der Waals surface area contributed by atoms with Crippen LogP contribution in [0.15, 0.2) is 0 Å². The second-order valence-electron chi connectivity index (χ2n) is 6.13. The second kappa shape index (κ2) is 8.09. The lowest BCUT2D eigenvalue weighted by molar-refractivity contribution is -0.138. The number of nitrogens with one attached hydrogen (secondary N) is 1. The summed E-state index contributed by atoms with van der Waals surface area (Å²) in [6.07, 6.45) is 2.78. The van der Waals surface area contributed by atoms with E-state index in [4.69, 9.17) is 10.8 Å². The Balaban J connectivity index is 2.40. The summed E-state index contributed by atoms with van der Waals surface area (Å²) in [5, 5.41) is 11.8. The van der Waals surface area contributed by atoms with Crippen molar-refractivity contribution in [3.63, 3.8) is 0 Å². The number of carbonyl (C=O) groups excluding carboxylic acids is 1. The third kappa shape index (κ3) is 6.23. The molecule has 1 aliphatic rings. The fourth-order valence-electron chi connectivity index (χ4n) is 2.69. The highest BCUT2D eigenvalue weighted by Crippen LogP contribution is 2.15. The molecule has 0 spiro atoms. The van der Waals surface area contributed by atoms with Crippen molar-refractivity contribution in [2.45, 2.75) is 45.6 Å². The van der Waals surface area contributed by atoms with Gasteiger partial charge in [0.2, 0.25) is 0 Å². The number of urea groups is 1. The lowest BCUT2D eigenvalue weighted by Gasteiger charge is -2.31. The molecule has 6 heteroatoms. The summed E-state index contributed by atoms with van der Waals surface area (Å²) < 4.78 is 0. The normalized spacial score (nSPS) is 20.8. The van der Waals surface area contributed by atoms with Crippen LogP contribution in [0.4, 0.5) is 4.79 Å². The topological polar surface area (TPSA) is 95.7 Å². The van der Waals surface area contributed by atoms with Crippen LogP contribution in [0.5, 0.6) is 0 Å². The summed E-state index contributed by atoms with van der Waals surface area (Å²) in [7, 11) is 0. The number of carboxylic acids is 1. The Labute approximate surface area is 120 Å². The van der Waals surface area contributed by atoms with Gasteiger partial charge in [0.25, 0.3) is 0 Å². The zero-order valence-electron chi connectivity index (χ0n) is 12.5. The average Bonchev–Trinajstić information content (AvgIpc) is 2.34. The van der Waals surface area contributed by atoms with Crippen LogP contribution in [0.1, 0.15) is 39.5 Å². The first-order chi connectivity index (χ1) is 9.38. The lowest BCUT2D eigenvalue weighted by atomic mass is 9.94. The molecule has 0 aromatic heterocycles. The quantitative estimate of drug-likeness (QED) is 0.684. The highest BCUT2D eigenvalue weighted by Gasteiger charge is 2.22. The summed E-state index contributed by atoms with van der Waals surface area (Å²) in [5.41, 5.74) is 5.85. The maximum atomic E-state index is 12.0. The first-order valence-corrected chi connectivity index (χ1v) is 7.38. The Morgan fingerprint density at radius 1 is 1.45 bits per heavy atom. The first-order valence-electron chi connectivity index (χ1n) is 7.38. The van der Waals surface area contributed by atoms with Gasteiger partial charge in [-0.15, -0.1) is 0 Å². The van der Waals surface area contributed by atoms with Gasteiger partial charge in [-0.2, -0.15) is 0 Å². The van der Waals surface area contributed by atoms with Crippen LogP contribution in [-0.4, -0.2) is 47.7 Å². The van der Waals surface area contributed by atoms with Crippen LogP contribution in [0.25, 0.3) is 0 Å². The van der Waals surface area contributed by atoms with Gasteiger partial charge in [-0.05, 0) is 31.1 Å². The molecule has 1 saturated heterocycles. The molecule has 0 aromatic carbocycles. The van der Waals surface area contributed by atoms with Crippen LogP contribution in [0.2, 0.25) is 0 Å². The van der Waals surface area contributed by atoms with Crippen LogP contribution in [-0.2, 0) is 4.79 Å². The minimum absolute atomic E-state index is 0.0186. The Hall–Kier alpha value is -1.30. The lowest BCUT2D eigenvalue weighted by Crippen LogP contribution is -2.50. The largest absolute Gasteiger partial charge is 0.481 e. The molecule has 1 heterocycles. The van der Waals surface area contributed by atoms with Crippen LogP contribution < -0.4 is 11.1 Å². The fraction of sp³-hybridized carbons (Fsp3) is 0.857. The van der Waals surface area contributed by atoms with Gasteiger partial charge in [0.05, 0.1) is 0 Å². The van der Waals surface area contributed by atoms with Crippen molar-refractivity contribution >= 4 is 12.0 Å². The molecule has 0 radical (unpaired) electrons. The van der Waals surface area contributed by atoms with Crippen molar-refractivity contribution in [3.05, 3.63) is 0 Å². The van der Waals surface area contributed by atoms with E-state index in [2.05, 4.69) is 19.2 Å². The molecule has 0 aliphatic carbocycles. The van der Waals surface area contributed by atoms with Gasteiger partial charge in [0, 0.05) is 32.1 Å². The Morgan fingerprint density at radius 3 is 2.70 bits per heavy atom.